The van der Waals surface area contributed by atoms with Crippen molar-refractivity contribution in [2.45, 2.75) is 20.4 Å². The molecule has 8 heteroatoms. The lowest BCUT2D eigenvalue weighted by molar-refractivity contribution is -0.133. The number of amides is 2. The second kappa shape index (κ2) is 5.80. The molecule has 2 amide bonds. The minimum Gasteiger partial charge on any atom is -0.478 e. The third-order valence-corrected chi connectivity index (χ3v) is 2.43. The molecule has 0 aliphatic rings. The van der Waals surface area contributed by atoms with E-state index in [4.69, 9.17) is 10.8 Å². The second-order valence-electron chi connectivity index (χ2n) is 3.90. The van der Waals surface area contributed by atoms with Gasteiger partial charge >= 0.3 is 5.97 Å². The molecule has 0 fully saturated rings. The molecule has 1 aromatic rings. The molecule has 0 unspecified atom stereocenters. The number of carbonyl (C=O) groups excluding carboxylic acids is 2. The van der Waals surface area contributed by atoms with Gasteiger partial charge in [0.25, 0.3) is 5.91 Å². The summed E-state index contributed by atoms with van der Waals surface area (Å²) in [5.74, 6) is -2.26. The number of nitrogens with zero attached hydrogens (tertiary/aromatic N) is 2. The second-order valence-corrected chi connectivity index (χ2v) is 3.90. The van der Waals surface area contributed by atoms with Gasteiger partial charge in [-0.25, -0.2) is 4.79 Å². The van der Waals surface area contributed by atoms with Crippen LogP contribution in [0.15, 0.2) is 23.5 Å². The summed E-state index contributed by atoms with van der Waals surface area (Å²) in [5, 5.41) is 15.1. The largest absolute Gasteiger partial charge is 0.478 e. The number of hydrogen-bond acceptors (Lipinski definition) is 4. The molecule has 19 heavy (non-hydrogen) atoms. The fraction of sp³-hybridized carbons (Fsp3) is 0.273. The van der Waals surface area contributed by atoms with E-state index < -0.39 is 17.8 Å². The summed E-state index contributed by atoms with van der Waals surface area (Å²) in [6.45, 7) is 2.65. The Hall–Kier alpha value is -2.64. The molecular weight excluding hydrogens is 252 g/mol. The van der Waals surface area contributed by atoms with E-state index in [0.717, 1.165) is 0 Å². The average molecular weight is 266 g/mol. The summed E-state index contributed by atoms with van der Waals surface area (Å²) in [4.78, 5) is 33.1. The third-order valence-electron chi connectivity index (χ3n) is 2.43. The molecule has 0 bridgehead atoms. The Bertz CT molecular complexity index is 559. The van der Waals surface area contributed by atoms with Crippen LogP contribution in [0.4, 0.5) is 5.69 Å². The summed E-state index contributed by atoms with van der Waals surface area (Å²) >= 11 is 0. The first-order valence-corrected chi connectivity index (χ1v) is 5.34. The molecule has 4 N–H and O–H groups in total. The lowest BCUT2D eigenvalue weighted by atomic mass is 10.1. The van der Waals surface area contributed by atoms with Crippen molar-refractivity contribution in [2.75, 3.05) is 5.32 Å². The van der Waals surface area contributed by atoms with Gasteiger partial charge in [0.1, 0.15) is 6.54 Å². The minimum atomic E-state index is -1.16. The highest BCUT2D eigenvalue weighted by Gasteiger charge is 2.13. The molecule has 0 saturated carbocycles. The van der Waals surface area contributed by atoms with Crippen LogP contribution >= 0.6 is 0 Å². The molecule has 0 saturated heterocycles. The molecule has 8 nitrogen and oxygen atoms in total. The Labute approximate surface area is 108 Å². The number of primary amides is 1. The molecule has 0 aliphatic heterocycles. The number of aliphatic carboxylic acids is 1. The Morgan fingerprint density at radius 3 is 2.53 bits per heavy atom. The van der Waals surface area contributed by atoms with Crippen molar-refractivity contribution in [3.63, 3.8) is 0 Å². The number of carbonyl (C=O) groups is 3. The predicted molar refractivity (Wildman–Crippen MR) is 66.1 cm³/mol. The van der Waals surface area contributed by atoms with Gasteiger partial charge in [-0.3, -0.25) is 14.3 Å². The van der Waals surface area contributed by atoms with Gasteiger partial charge in [0.2, 0.25) is 5.91 Å². The Morgan fingerprint density at radius 2 is 2.00 bits per heavy atom. The van der Waals surface area contributed by atoms with E-state index >= 15 is 0 Å². The van der Waals surface area contributed by atoms with Crippen molar-refractivity contribution in [2.24, 2.45) is 5.73 Å². The Kier molecular flexibility index (Phi) is 4.41. The Balaban J connectivity index is 2.78. The fourth-order valence-corrected chi connectivity index (χ4v) is 1.23. The van der Waals surface area contributed by atoms with E-state index in [1.807, 2.05) is 0 Å². The van der Waals surface area contributed by atoms with Crippen LogP contribution in [-0.2, 0) is 20.9 Å². The Morgan fingerprint density at radius 1 is 1.37 bits per heavy atom. The van der Waals surface area contributed by atoms with Gasteiger partial charge in [-0.15, -0.1) is 0 Å². The molecule has 0 spiro atoms. The predicted octanol–water partition coefficient (Wildman–Crippen LogP) is -0.272. The van der Waals surface area contributed by atoms with Crippen molar-refractivity contribution >= 4 is 23.5 Å². The summed E-state index contributed by atoms with van der Waals surface area (Å²) in [7, 11) is 0. The van der Waals surface area contributed by atoms with Gasteiger partial charge < -0.3 is 16.2 Å². The maximum Gasteiger partial charge on any atom is 0.331 e. The standard InChI is InChI=1S/C11H14N4O4/c1-6(7(2)11(18)19)10(17)14-8-3-13-15(4-8)5-9(12)16/h3-4H,5H2,1-2H3,(H2,12,16)(H,14,17)(H,18,19). The minimum absolute atomic E-state index is 0.0398. The lowest BCUT2D eigenvalue weighted by Crippen LogP contribution is -2.19. The number of carboxylic acids is 1. The lowest BCUT2D eigenvalue weighted by Gasteiger charge is -2.04. The van der Waals surface area contributed by atoms with E-state index in [2.05, 4.69) is 10.4 Å². The van der Waals surface area contributed by atoms with Gasteiger partial charge in [-0.05, 0) is 13.8 Å². The third kappa shape index (κ3) is 3.95. The van der Waals surface area contributed by atoms with Crippen LogP contribution in [0.5, 0.6) is 0 Å². The van der Waals surface area contributed by atoms with Crippen molar-refractivity contribution in [3.8, 4) is 0 Å². The molecule has 0 aliphatic carbocycles. The molecule has 0 aromatic carbocycles. The molecule has 0 atom stereocenters. The van der Waals surface area contributed by atoms with Gasteiger partial charge in [-0.1, -0.05) is 0 Å². The van der Waals surface area contributed by atoms with Crippen LogP contribution in [0.3, 0.4) is 0 Å². The number of aromatic nitrogens is 2. The van der Waals surface area contributed by atoms with E-state index in [0.29, 0.717) is 5.69 Å². The number of rotatable bonds is 5. The summed E-state index contributed by atoms with van der Waals surface area (Å²) in [6.07, 6.45) is 2.76. The normalized spacial score (nSPS) is 11.7. The van der Waals surface area contributed by atoms with Gasteiger partial charge in [0.15, 0.2) is 0 Å². The van der Waals surface area contributed by atoms with Crippen LogP contribution < -0.4 is 11.1 Å². The number of nitrogens with two attached hydrogens (primary N) is 1. The topological polar surface area (TPSA) is 127 Å². The van der Waals surface area contributed by atoms with Crippen LogP contribution in [-0.4, -0.2) is 32.7 Å². The van der Waals surface area contributed by atoms with Crippen molar-refractivity contribution < 1.29 is 19.5 Å². The summed E-state index contributed by atoms with van der Waals surface area (Å²) in [6, 6.07) is 0. The zero-order valence-electron chi connectivity index (χ0n) is 10.5. The van der Waals surface area contributed by atoms with E-state index in [9.17, 15) is 14.4 Å². The zero-order chi connectivity index (χ0) is 14.6. The zero-order valence-corrected chi connectivity index (χ0v) is 10.5. The summed E-state index contributed by atoms with van der Waals surface area (Å²) < 4.78 is 1.26. The smallest absolute Gasteiger partial charge is 0.331 e. The average Bonchev–Trinajstić information content (AvgIpc) is 2.73. The first-order chi connectivity index (χ1) is 8.81. The maximum absolute atomic E-state index is 11.7. The number of anilines is 1. The van der Waals surface area contributed by atoms with E-state index in [1.54, 1.807) is 0 Å². The molecule has 1 heterocycles. The number of nitrogens with one attached hydrogen (secondary N) is 1. The molecule has 1 aromatic heterocycles. The quantitative estimate of drug-likeness (QED) is 0.632. The monoisotopic (exact) mass is 266 g/mol. The first kappa shape index (κ1) is 14.4. The van der Waals surface area contributed by atoms with Crippen LogP contribution in [0, 0.1) is 0 Å². The van der Waals surface area contributed by atoms with Gasteiger partial charge in [0.05, 0.1) is 11.9 Å². The fourth-order valence-electron chi connectivity index (χ4n) is 1.23. The van der Waals surface area contributed by atoms with Gasteiger partial charge in [-0.2, -0.15) is 5.10 Å². The maximum atomic E-state index is 11.7. The van der Waals surface area contributed by atoms with Crippen LogP contribution in [0.2, 0.25) is 0 Å². The highest BCUT2D eigenvalue weighted by Crippen LogP contribution is 2.10. The molecule has 0 radical (unpaired) electrons. The number of hydrogen-bond donors (Lipinski definition) is 3. The van der Waals surface area contributed by atoms with E-state index in [-0.39, 0.29) is 17.7 Å². The van der Waals surface area contributed by atoms with Crippen molar-refractivity contribution in [3.05, 3.63) is 23.5 Å². The molecular formula is C11H14N4O4. The van der Waals surface area contributed by atoms with Gasteiger partial charge in [0, 0.05) is 17.3 Å². The van der Waals surface area contributed by atoms with Crippen LogP contribution in [0.25, 0.3) is 0 Å². The van der Waals surface area contributed by atoms with Crippen molar-refractivity contribution in [1.29, 1.82) is 0 Å². The number of carboxylic acid groups (broad SMARTS) is 1. The van der Waals surface area contributed by atoms with Crippen molar-refractivity contribution in [1.82, 2.24) is 9.78 Å². The first-order valence-electron chi connectivity index (χ1n) is 5.34. The highest BCUT2D eigenvalue weighted by molar-refractivity contribution is 6.07. The molecule has 1 rings (SSSR count). The highest BCUT2D eigenvalue weighted by atomic mass is 16.4. The SMILES string of the molecule is CC(C(=O)O)=C(C)C(=O)Nc1cnn(CC(N)=O)c1. The van der Waals surface area contributed by atoms with Crippen LogP contribution in [0.1, 0.15) is 13.8 Å². The van der Waals surface area contributed by atoms with E-state index in [1.165, 1.54) is 30.9 Å². The summed E-state index contributed by atoms with van der Waals surface area (Å²) in [5.41, 5.74) is 5.40. The molecule has 102 valence electrons.